The van der Waals surface area contributed by atoms with Gasteiger partial charge in [-0.15, -0.1) is 0 Å². The summed E-state index contributed by atoms with van der Waals surface area (Å²) in [6.07, 6.45) is -2.11. The van der Waals surface area contributed by atoms with Gasteiger partial charge in [0, 0.05) is 11.5 Å². The number of hydrogen-bond donors (Lipinski definition) is 0. The van der Waals surface area contributed by atoms with Crippen molar-refractivity contribution in [3.63, 3.8) is 0 Å². The first-order chi connectivity index (χ1) is 7.52. The number of aromatic nitrogens is 1. The summed E-state index contributed by atoms with van der Waals surface area (Å²) in [4.78, 5) is 14.5. The molecule has 1 heterocycles. The van der Waals surface area contributed by atoms with E-state index >= 15 is 0 Å². The zero-order valence-corrected chi connectivity index (χ0v) is 9.72. The van der Waals surface area contributed by atoms with Crippen molar-refractivity contribution in [2.24, 2.45) is 0 Å². The van der Waals surface area contributed by atoms with Crippen molar-refractivity contribution in [1.29, 1.82) is 0 Å². The van der Waals surface area contributed by atoms with Crippen molar-refractivity contribution in [3.05, 3.63) is 28.8 Å². The second kappa shape index (κ2) is 5.29. The molecule has 0 aromatic carbocycles. The smallest absolute Gasteiger partial charge is 0.338 e. The number of carbonyl (C=O) groups is 1. The number of hydrogen-bond acceptors (Lipinski definition) is 3. The van der Waals surface area contributed by atoms with Crippen molar-refractivity contribution >= 4 is 21.9 Å². The molecule has 0 spiro atoms. The van der Waals surface area contributed by atoms with Crippen LogP contribution in [0, 0.1) is 5.95 Å². The summed E-state index contributed by atoms with van der Waals surface area (Å²) in [7, 11) is 1.04. The first kappa shape index (κ1) is 13.0. The Labute approximate surface area is 97.8 Å². The number of alkyl halides is 3. The van der Waals surface area contributed by atoms with E-state index in [1.807, 2.05) is 0 Å². The second-order valence-electron chi connectivity index (χ2n) is 2.79. The first-order valence-corrected chi connectivity index (χ1v) is 5.24. The summed E-state index contributed by atoms with van der Waals surface area (Å²) in [5.41, 5.74) is -1.34. The standard InChI is InChI=1S/C9H7BrF3NO2/c1-16-9(15)5-4(2-10)3-14-8(13)6(5)7(11)12/h3,7H,2H2,1H3. The molecule has 0 N–H and O–H groups in total. The van der Waals surface area contributed by atoms with E-state index in [9.17, 15) is 18.0 Å². The lowest BCUT2D eigenvalue weighted by Crippen LogP contribution is -2.13. The highest BCUT2D eigenvalue weighted by Crippen LogP contribution is 2.28. The van der Waals surface area contributed by atoms with Crippen molar-refractivity contribution in [1.82, 2.24) is 4.98 Å². The van der Waals surface area contributed by atoms with Gasteiger partial charge in [0.25, 0.3) is 6.43 Å². The molecule has 16 heavy (non-hydrogen) atoms. The molecule has 0 unspecified atom stereocenters. The number of rotatable bonds is 3. The molecule has 0 bridgehead atoms. The van der Waals surface area contributed by atoms with Gasteiger partial charge < -0.3 is 4.74 Å². The fraction of sp³-hybridized carbons (Fsp3) is 0.333. The Bertz CT molecular complexity index is 412. The molecule has 0 aliphatic rings. The SMILES string of the molecule is COC(=O)c1c(CBr)cnc(F)c1C(F)F. The van der Waals surface area contributed by atoms with Gasteiger partial charge in [-0.25, -0.2) is 18.6 Å². The van der Waals surface area contributed by atoms with Crippen LogP contribution in [-0.2, 0) is 10.1 Å². The van der Waals surface area contributed by atoms with Crippen LogP contribution in [-0.4, -0.2) is 18.1 Å². The predicted molar refractivity (Wildman–Crippen MR) is 53.1 cm³/mol. The van der Waals surface area contributed by atoms with E-state index in [1.54, 1.807) is 0 Å². The third-order valence-corrected chi connectivity index (χ3v) is 2.50. The molecule has 0 atom stereocenters. The molecule has 0 saturated heterocycles. The number of ether oxygens (including phenoxy) is 1. The maximum atomic E-state index is 13.1. The molecular formula is C9H7BrF3NO2. The van der Waals surface area contributed by atoms with Crippen LogP contribution < -0.4 is 0 Å². The molecule has 0 fully saturated rings. The largest absolute Gasteiger partial charge is 0.465 e. The second-order valence-corrected chi connectivity index (χ2v) is 3.35. The third kappa shape index (κ3) is 2.34. The number of methoxy groups -OCH3 is 1. The van der Waals surface area contributed by atoms with Crippen LogP contribution in [0.5, 0.6) is 0 Å². The lowest BCUT2D eigenvalue weighted by Gasteiger charge is -2.11. The summed E-state index contributed by atoms with van der Waals surface area (Å²) < 4.78 is 42.6. The lowest BCUT2D eigenvalue weighted by atomic mass is 10.1. The Kier molecular flexibility index (Phi) is 4.28. The van der Waals surface area contributed by atoms with Crippen LogP contribution in [0.15, 0.2) is 6.20 Å². The van der Waals surface area contributed by atoms with Crippen LogP contribution in [0.4, 0.5) is 13.2 Å². The Morgan fingerprint density at radius 1 is 1.62 bits per heavy atom. The minimum absolute atomic E-state index is 0.102. The first-order valence-electron chi connectivity index (χ1n) is 4.12. The lowest BCUT2D eigenvalue weighted by molar-refractivity contribution is 0.0585. The molecule has 1 aromatic heterocycles. The maximum Gasteiger partial charge on any atom is 0.338 e. The van der Waals surface area contributed by atoms with Gasteiger partial charge in [0.1, 0.15) is 0 Å². The minimum atomic E-state index is -3.12. The van der Waals surface area contributed by atoms with Crippen LogP contribution >= 0.6 is 15.9 Å². The molecule has 0 radical (unpaired) electrons. The van der Waals surface area contributed by atoms with E-state index in [0.29, 0.717) is 0 Å². The quantitative estimate of drug-likeness (QED) is 0.489. The number of halogens is 4. The molecule has 0 saturated carbocycles. The Hall–Kier alpha value is -1.11. The number of esters is 1. The molecule has 0 aliphatic carbocycles. The number of pyridine rings is 1. The van der Waals surface area contributed by atoms with Crippen LogP contribution in [0.1, 0.15) is 27.9 Å². The highest BCUT2D eigenvalue weighted by molar-refractivity contribution is 9.08. The number of carbonyl (C=O) groups excluding carboxylic acids is 1. The van der Waals surface area contributed by atoms with Crippen LogP contribution in [0.25, 0.3) is 0 Å². The van der Waals surface area contributed by atoms with Crippen molar-refractivity contribution in [2.75, 3.05) is 7.11 Å². The fourth-order valence-corrected chi connectivity index (χ4v) is 1.61. The van der Waals surface area contributed by atoms with Crippen molar-refractivity contribution in [3.8, 4) is 0 Å². The maximum absolute atomic E-state index is 13.1. The average Bonchev–Trinajstić information content (AvgIpc) is 2.27. The van der Waals surface area contributed by atoms with Gasteiger partial charge in [-0.2, -0.15) is 4.39 Å². The van der Waals surface area contributed by atoms with Gasteiger partial charge in [0.2, 0.25) is 5.95 Å². The minimum Gasteiger partial charge on any atom is -0.465 e. The van der Waals surface area contributed by atoms with Gasteiger partial charge in [-0.3, -0.25) is 0 Å². The third-order valence-electron chi connectivity index (χ3n) is 1.90. The van der Waals surface area contributed by atoms with Crippen molar-refractivity contribution in [2.45, 2.75) is 11.8 Å². The van der Waals surface area contributed by atoms with Gasteiger partial charge in [-0.05, 0) is 5.56 Å². The summed E-state index contributed by atoms with van der Waals surface area (Å²) in [5.74, 6) is -2.37. The number of nitrogens with zero attached hydrogens (tertiary/aromatic N) is 1. The summed E-state index contributed by atoms with van der Waals surface area (Å²) in [5, 5.41) is 0.102. The monoisotopic (exact) mass is 297 g/mol. The van der Waals surface area contributed by atoms with E-state index in [1.165, 1.54) is 0 Å². The van der Waals surface area contributed by atoms with Crippen LogP contribution in [0.3, 0.4) is 0 Å². The summed E-state index contributed by atoms with van der Waals surface area (Å²) in [6, 6.07) is 0. The van der Waals surface area contributed by atoms with E-state index in [2.05, 4.69) is 25.7 Å². The predicted octanol–water partition coefficient (Wildman–Crippen LogP) is 2.84. The zero-order chi connectivity index (χ0) is 12.3. The topological polar surface area (TPSA) is 39.2 Å². The Morgan fingerprint density at radius 3 is 2.69 bits per heavy atom. The van der Waals surface area contributed by atoms with Crippen molar-refractivity contribution < 1.29 is 22.7 Å². The normalized spacial score (nSPS) is 10.6. The summed E-state index contributed by atoms with van der Waals surface area (Å²) in [6.45, 7) is 0. The molecular weight excluding hydrogens is 291 g/mol. The van der Waals surface area contributed by atoms with E-state index in [-0.39, 0.29) is 10.9 Å². The zero-order valence-electron chi connectivity index (χ0n) is 8.14. The molecule has 0 aliphatic heterocycles. The highest BCUT2D eigenvalue weighted by Gasteiger charge is 2.27. The highest BCUT2D eigenvalue weighted by atomic mass is 79.9. The van der Waals surface area contributed by atoms with Gasteiger partial charge in [-0.1, -0.05) is 15.9 Å². The van der Waals surface area contributed by atoms with Gasteiger partial charge in [0.15, 0.2) is 0 Å². The van der Waals surface area contributed by atoms with Crippen LogP contribution in [0.2, 0.25) is 0 Å². The average molecular weight is 298 g/mol. The van der Waals surface area contributed by atoms with E-state index < -0.39 is 29.5 Å². The fourth-order valence-electron chi connectivity index (χ4n) is 1.19. The molecule has 3 nitrogen and oxygen atoms in total. The molecule has 88 valence electrons. The Morgan fingerprint density at radius 2 is 2.25 bits per heavy atom. The summed E-state index contributed by atoms with van der Waals surface area (Å²) >= 11 is 3.00. The molecule has 0 amide bonds. The van der Waals surface area contributed by atoms with E-state index in [4.69, 9.17) is 0 Å². The Balaban J connectivity index is 3.48. The van der Waals surface area contributed by atoms with E-state index in [0.717, 1.165) is 13.3 Å². The molecule has 1 aromatic rings. The van der Waals surface area contributed by atoms with Gasteiger partial charge in [0.05, 0.1) is 18.2 Å². The molecule has 7 heteroatoms. The molecule has 1 rings (SSSR count). The van der Waals surface area contributed by atoms with Gasteiger partial charge >= 0.3 is 5.97 Å².